The quantitative estimate of drug-likeness (QED) is 0.230. The summed E-state index contributed by atoms with van der Waals surface area (Å²) in [6.45, 7) is 11.0. The van der Waals surface area contributed by atoms with Crippen molar-refractivity contribution >= 4 is 17.4 Å². The first kappa shape index (κ1) is 32.1. The number of benzene rings is 3. The van der Waals surface area contributed by atoms with E-state index in [0.717, 1.165) is 56.4 Å². The van der Waals surface area contributed by atoms with Crippen LogP contribution in [-0.2, 0) is 28.7 Å². The van der Waals surface area contributed by atoms with Gasteiger partial charge in [-0.1, -0.05) is 55.8 Å². The first-order valence-corrected chi connectivity index (χ1v) is 13.5. The lowest BCUT2D eigenvalue weighted by molar-refractivity contribution is -0.109. The molecule has 0 aromatic heterocycles. The third-order valence-corrected chi connectivity index (χ3v) is 6.26. The van der Waals surface area contributed by atoms with Crippen molar-refractivity contribution in [2.75, 3.05) is 19.6 Å². The first-order chi connectivity index (χ1) is 17.8. The Morgan fingerprint density at radius 1 is 0.838 bits per heavy atom. The van der Waals surface area contributed by atoms with Crippen LogP contribution in [0.25, 0.3) is 0 Å². The molecule has 0 aliphatic rings. The van der Waals surface area contributed by atoms with Crippen LogP contribution in [-0.4, -0.2) is 30.3 Å². The van der Waals surface area contributed by atoms with Crippen molar-refractivity contribution in [1.82, 2.24) is 15.4 Å². The maximum Gasteiger partial charge on any atom is 0.207 e. The minimum absolute atomic E-state index is 0.521. The third-order valence-electron chi connectivity index (χ3n) is 5.00. The van der Waals surface area contributed by atoms with E-state index in [-0.39, 0.29) is 0 Å². The van der Waals surface area contributed by atoms with Crippen LogP contribution >= 0.6 is 0 Å². The molecule has 1 unspecified atom stereocenters. The fourth-order valence-electron chi connectivity index (χ4n) is 3.13. The van der Waals surface area contributed by atoms with E-state index in [1.54, 1.807) is 6.92 Å². The van der Waals surface area contributed by atoms with Crippen molar-refractivity contribution in [3.63, 3.8) is 0 Å². The van der Waals surface area contributed by atoms with Crippen molar-refractivity contribution in [2.45, 2.75) is 52.0 Å². The van der Waals surface area contributed by atoms with Gasteiger partial charge in [0, 0.05) is 25.7 Å². The van der Waals surface area contributed by atoms with Crippen LogP contribution in [0, 0.1) is 25.5 Å². The van der Waals surface area contributed by atoms with E-state index in [1.807, 2.05) is 38.1 Å². The molecule has 5 nitrogen and oxygen atoms in total. The Hall–Kier alpha value is -2.94. The first-order valence-electron chi connectivity index (χ1n) is 12.4. The van der Waals surface area contributed by atoms with Crippen LogP contribution in [0.5, 0.6) is 0 Å². The molecule has 0 fully saturated rings. The minimum atomic E-state index is -1.04. The molecule has 3 aromatic rings. The summed E-state index contributed by atoms with van der Waals surface area (Å²) in [6, 6.07) is 19.7. The number of carbonyl (C=O) groups is 1. The average molecular weight is 532 g/mol. The number of amides is 1. The van der Waals surface area contributed by atoms with Gasteiger partial charge in [0.25, 0.3) is 0 Å². The summed E-state index contributed by atoms with van der Waals surface area (Å²) in [7, 11) is -1.04. The maximum absolute atomic E-state index is 12.2. The smallest absolute Gasteiger partial charge is 0.207 e. The molecule has 202 valence electrons. The standard InChI is InChI=1S/C13H20N2O.C9H13NOS.C7H6F2/c1-2-12-5-3-6-13(9-12)10-14-7-4-8-15-11-16;1-3-10-12(11)9-6-4-8(2)5-7-9;1-5-2-6(8)4-7(9)3-5/h3,5-6,9,11,14H,2,4,7-8,10H2,1H3,(H,15,16);4-7,10H,3H2,1-2H3;2-4H,1H3. The van der Waals surface area contributed by atoms with Gasteiger partial charge in [-0.05, 0) is 74.2 Å². The van der Waals surface area contributed by atoms with Gasteiger partial charge >= 0.3 is 0 Å². The zero-order chi connectivity index (χ0) is 27.5. The van der Waals surface area contributed by atoms with E-state index in [9.17, 15) is 17.8 Å². The van der Waals surface area contributed by atoms with E-state index < -0.39 is 22.6 Å². The molecule has 0 spiro atoms. The van der Waals surface area contributed by atoms with Crippen LogP contribution in [0.1, 0.15) is 42.5 Å². The normalized spacial score (nSPS) is 10.9. The highest BCUT2D eigenvalue weighted by Gasteiger charge is 1.99. The van der Waals surface area contributed by atoms with E-state index in [0.29, 0.717) is 5.56 Å². The van der Waals surface area contributed by atoms with Crippen LogP contribution in [0.2, 0.25) is 0 Å². The summed E-state index contributed by atoms with van der Waals surface area (Å²) in [5.41, 5.74) is 4.49. The summed E-state index contributed by atoms with van der Waals surface area (Å²) in [5, 5.41) is 6.00. The fraction of sp³-hybridized carbons (Fsp3) is 0.345. The monoisotopic (exact) mass is 531 g/mol. The molecule has 0 radical (unpaired) electrons. The summed E-state index contributed by atoms with van der Waals surface area (Å²) in [6.07, 6.45) is 2.79. The molecule has 3 rings (SSSR count). The van der Waals surface area contributed by atoms with Gasteiger partial charge in [-0.15, -0.1) is 0 Å². The lowest BCUT2D eigenvalue weighted by atomic mass is 10.1. The summed E-state index contributed by atoms with van der Waals surface area (Å²) in [5.74, 6) is -1.04. The number of carbonyl (C=O) groups excluding carboxylic acids is 1. The van der Waals surface area contributed by atoms with Crippen LogP contribution in [0.3, 0.4) is 0 Å². The van der Waals surface area contributed by atoms with E-state index in [4.69, 9.17) is 0 Å². The number of nitrogens with one attached hydrogen (secondary N) is 3. The molecule has 8 heteroatoms. The van der Waals surface area contributed by atoms with Crippen molar-refractivity contribution in [1.29, 1.82) is 0 Å². The minimum Gasteiger partial charge on any atom is -0.359 e. The molecule has 1 atom stereocenters. The second-order valence-electron chi connectivity index (χ2n) is 8.30. The predicted molar refractivity (Wildman–Crippen MR) is 149 cm³/mol. The highest BCUT2D eigenvalue weighted by molar-refractivity contribution is 7.83. The van der Waals surface area contributed by atoms with Gasteiger partial charge in [-0.2, -0.15) is 0 Å². The number of rotatable bonds is 11. The number of halogens is 2. The lowest BCUT2D eigenvalue weighted by Crippen LogP contribution is -2.20. The van der Waals surface area contributed by atoms with Gasteiger partial charge in [0.05, 0.1) is 4.90 Å². The maximum atomic E-state index is 12.2. The Labute approximate surface area is 222 Å². The molecule has 1 amide bonds. The molecular weight excluding hydrogens is 492 g/mol. The second-order valence-corrected chi connectivity index (χ2v) is 9.60. The van der Waals surface area contributed by atoms with Gasteiger partial charge < -0.3 is 10.6 Å². The number of hydrogen-bond donors (Lipinski definition) is 3. The third kappa shape index (κ3) is 15.0. The molecule has 37 heavy (non-hydrogen) atoms. The largest absolute Gasteiger partial charge is 0.359 e. The Kier molecular flexibility index (Phi) is 16.7. The zero-order valence-corrected chi connectivity index (χ0v) is 23.0. The summed E-state index contributed by atoms with van der Waals surface area (Å²) in [4.78, 5) is 10.8. The van der Waals surface area contributed by atoms with Crippen LogP contribution < -0.4 is 15.4 Å². The van der Waals surface area contributed by atoms with Gasteiger partial charge in [-0.25, -0.2) is 17.7 Å². The molecule has 3 N–H and O–H groups in total. The Morgan fingerprint density at radius 2 is 1.49 bits per heavy atom. The highest BCUT2D eigenvalue weighted by Crippen LogP contribution is 2.07. The van der Waals surface area contributed by atoms with Crippen molar-refractivity contribution < 1.29 is 17.8 Å². The second kappa shape index (κ2) is 19.2. The van der Waals surface area contributed by atoms with Gasteiger partial charge in [-0.3, -0.25) is 4.79 Å². The van der Waals surface area contributed by atoms with Crippen molar-refractivity contribution in [3.8, 4) is 0 Å². The summed E-state index contributed by atoms with van der Waals surface area (Å²) >= 11 is 0. The van der Waals surface area contributed by atoms with Gasteiger partial charge in [0.2, 0.25) is 6.41 Å². The Balaban J connectivity index is 0.000000289. The molecule has 0 aliphatic heterocycles. The van der Waals surface area contributed by atoms with Gasteiger partial charge in [0.1, 0.15) is 22.6 Å². The van der Waals surface area contributed by atoms with E-state index in [1.165, 1.54) is 28.8 Å². The van der Waals surface area contributed by atoms with E-state index in [2.05, 4.69) is 46.5 Å². The number of hydrogen-bond acceptors (Lipinski definition) is 3. The SMILES string of the molecule is CCNS(=O)c1ccc(C)cc1.CCc1cccc(CNCCCNC=O)c1.Cc1cc(F)cc(F)c1. The van der Waals surface area contributed by atoms with Crippen molar-refractivity contribution in [2.24, 2.45) is 0 Å². The lowest BCUT2D eigenvalue weighted by Gasteiger charge is -2.06. The average Bonchev–Trinajstić information content (AvgIpc) is 2.87. The Morgan fingerprint density at radius 3 is 2.05 bits per heavy atom. The predicted octanol–water partition coefficient (Wildman–Crippen LogP) is 5.38. The molecule has 0 saturated heterocycles. The molecule has 0 saturated carbocycles. The fourth-order valence-corrected chi connectivity index (χ4v) is 3.95. The Bertz CT molecular complexity index is 1030. The van der Waals surface area contributed by atoms with Crippen LogP contribution in [0.4, 0.5) is 8.78 Å². The topological polar surface area (TPSA) is 70.2 Å². The highest BCUT2D eigenvalue weighted by atomic mass is 32.2. The zero-order valence-electron chi connectivity index (χ0n) is 22.2. The molecule has 3 aromatic carbocycles. The molecule has 0 heterocycles. The van der Waals surface area contributed by atoms with Crippen LogP contribution in [0.15, 0.2) is 71.6 Å². The number of aryl methyl sites for hydroxylation is 3. The molecule has 0 aliphatic carbocycles. The van der Waals surface area contributed by atoms with Gasteiger partial charge in [0.15, 0.2) is 0 Å². The molecular formula is C29H39F2N3O2S. The summed E-state index contributed by atoms with van der Waals surface area (Å²) < 4.78 is 38.6. The van der Waals surface area contributed by atoms with E-state index >= 15 is 0 Å². The van der Waals surface area contributed by atoms with Crippen molar-refractivity contribution in [3.05, 3.63) is 101 Å². The molecule has 0 bridgehead atoms.